The van der Waals surface area contributed by atoms with Crippen LogP contribution in [0.2, 0.25) is 0 Å². The van der Waals surface area contributed by atoms with Gasteiger partial charge >= 0.3 is 6.18 Å². The lowest BCUT2D eigenvalue weighted by molar-refractivity contribution is -0.137. The fourth-order valence-corrected chi connectivity index (χ4v) is 4.64. The third-order valence-corrected chi connectivity index (χ3v) is 6.72. The Morgan fingerprint density at radius 2 is 1.54 bits per heavy atom. The molecule has 1 saturated carbocycles. The van der Waals surface area contributed by atoms with E-state index in [2.05, 4.69) is 39.7 Å². The van der Waals surface area contributed by atoms with Crippen LogP contribution in [0.4, 0.5) is 36.3 Å². The van der Waals surface area contributed by atoms with Crippen LogP contribution in [0.15, 0.2) is 54.7 Å². The lowest BCUT2D eigenvalue weighted by atomic mass is 9.84. The number of hydrogen-bond acceptors (Lipinski definition) is 5. The van der Waals surface area contributed by atoms with Gasteiger partial charge < -0.3 is 15.4 Å². The van der Waals surface area contributed by atoms with Crippen LogP contribution in [0.3, 0.4) is 0 Å². The second-order valence-electron chi connectivity index (χ2n) is 9.59. The molecule has 0 bridgehead atoms. The van der Waals surface area contributed by atoms with Gasteiger partial charge in [0.2, 0.25) is 5.95 Å². The maximum Gasteiger partial charge on any atom is 0.421 e. The molecule has 0 spiro atoms. The minimum absolute atomic E-state index is 0.0907. The predicted molar refractivity (Wildman–Crippen MR) is 142 cm³/mol. The number of anilines is 4. The van der Waals surface area contributed by atoms with E-state index >= 15 is 0 Å². The van der Waals surface area contributed by atoms with Crippen LogP contribution in [-0.2, 0) is 6.18 Å². The van der Waals surface area contributed by atoms with Gasteiger partial charge in [-0.25, -0.2) is 4.98 Å². The molecule has 0 radical (unpaired) electrons. The number of alkyl halides is 3. The van der Waals surface area contributed by atoms with Crippen LogP contribution in [0.5, 0.6) is 5.75 Å². The lowest BCUT2D eigenvalue weighted by Crippen LogP contribution is -2.12. The summed E-state index contributed by atoms with van der Waals surface area (Å²) < 4.78 is 46.7. The zero-order valence-electron chi connectivity index (χ0n) is 21.3. The number of benzene rings is 2. The summed E-state index contributed by atoms with van der Waals surface area (Å²) in [6, 6.07) is 14.9. The molecule has 2 N–H and O–H groups in total. The molecular formula is C29H35F3N4O. The number of hydrogen-bond donors (Lipinski definition) is 2. The third kappa shape index (κ3) is 7.84. The second-order valence-corrected chi connectivity index (χ2v) is 9.59. The van der Waals surface area contributed by atoms with Crippen LogP contribution in [-0.4, -0.2) is 16.6 Å². The van der Waals surface area contributed by atoms with E-state index in [-0.39, 0.29) is 11.8 Å². The SMILES string of the molecule is CCCCCCOc1ccc(Nc2nc(Nc3ccc(C4CCCCC4)cc3)ncc2C(F)(F)F)cc1. The van der Waals surface area contributed by atoms with Gasteiger partial charge in [0, 0.05) is 17.6 Å². The van der Waals surface area contributed by atoms with Gasteiger partial charge in [0.05, 0.1) is 6.61 Å². The number of aromatic nitrogens is 2. The first-order valence-electron chi connectivity index (χ1n) is 13.2. The van der Waals surface area contributed by atoms with Crippen molar-refractivity contribution in [3.63, 3.8) is 0 Å². The summed E-state index contributed by atoms with van der Waals surface area (Å²) in [5.41, 5.74) is 1.58. The van der Waals surface area contributed by atoms with E-state index in [9.17, 15) is 13.2 Å². The molecule has 37 heavy (non-hydrogen) atoms. The Kier molecular flexibility index (Phi) is 9.25. The van der Waals surface area contributed by atoms with Gasteiger partial charge in [-0.1, -0.05) is 57.6 Å². The van der Waals surface area contributed by atoms with Crippen molar-refractivity contribution < 1.29 is 17.9 Å². The van der Waals surface area contributed by atoms with Gasteiger partial charge in [-0.2, -0.15) is 18.2 Å². The highest BCUT2D eigenvalue weighted by Crippen LogP contribution is 2.36. The van der Waals surface area contributed by atoms with Crippen LogP contribution in [0.1, 0.15) is 81.8 Å². The monoisotopic (exact) mass is 512 g/mol. The fraction of sp³-hybridized carbons (Fsp3) is 0.448. The first kappa shape index (κ1) is 26.8. The molecule has 3 aromatic rings. The number of unbranched alkanes of at least 4 members (excludes halogenated alkanes) is 3. The zero-order chi connectivity index (χ0) is 26.1. The third-order valence-electron chi connectivity index (χ3n) is 6.72. The summed E-state index contributed by atoms with van der Waals surface area (Å²) in [7, 11) is 0. The average molecular weight is 513 g/mol. The van der Waals surface area contributed by atoms with E-state index in [1.165, 1.54) is 44.1 Å². The van der Waals surface area contributed by atoms with Gasteiger partial charge in [-0.3, -0.25) is 0 Å². The summed E-state index contributed by atoms with van der Waals surface area (Å²) in [6.45, 7) is 2.77. The van der Waals surface area contributed by atoms with Crippen molar-refractivity contribution in [2.75, 3.05) is 17.2 Å². The summed E-state index contributed by atoms with van der Waals surface area (Å²) in [5.74, 6) is 1.04. The normalized spacial score (nSPS) is 14.4. The highest BCUT2D eigenvalue weighted by atomic mass is 19.4. The Labute approximate surface area is 216 Å². The molecule has 1 aliphatic rings. The number of ether oxygens (including phenoxy) is 1. The zero-order valence-corrected chi connectivity index (χ0v) is 21.3. The highest BCUT2D eigenvalue weighted by Gasteiger charge is 2.35. The largest absolute Gasteiger partial charge is 0.494 e. The van der Waals surface area contributed by atoms with Crippen molar-refractivity contribution >= 4 is 23.1 Å². The number of rotatable bonds is 11. The van der Waals surface area contributed by atoms with Crippen molar-refractivity contribution in [3.05, 3.63) is 65.9 Å². The Morgan fingerprint density at radius 3 is 2.22 bits per heavy atom. The summed E-state index contributed by atoms with van der Waals surface area (Å²) in [5, 5.41) is 5.84. The quantitative estimate of drug-likeness (QED) is 0.251. The molecule has 2 aromatic carbocycles. The molecular weight excluding hydrogens is 477 g/mol. The van der Waals surface area contributed by atoms with Crippen LogP contribution in [0, 0.1) is 0 Å². The minimum atomic E-state index is -4.59. The maximum absolute atomic E-state index is 13.7. The van der Waals surface area contributed by atoms with E-state index < -0.39 is 11.7 Å². The van der Waals surface area contributed by atoms with Crippen molar-refractivity contribution in [2.24, 2.45) is 0 Å². The molecule has 1 heterocycles. The van der Waals surface area contributed by atoms with Gasteiger partial charge in [0.15, 0.2) is 0 Å². The van der Waals surface area contributed by atoms with Crippen molar-refractivity contribution in [3.8, 4) is 5.75 Å². The molecule has 0 aliphatic heterocycles. The van der Waals surface area contributed by atoms with Crippen LogP contribution >= 0.6 is 0 Å². The Balaban J connectivity index is 1.43. The topological polar surface area (TPSA) is 59.1 Å². The van der Waals surface area contributed by atoms with E-state index in [4.69, 9.17) is 4.74 Å². The average Bonchev–Trinajstić information content (AvgIpc) is 2.90. The van der Waals surface area contributed by atoms with E-state index in [1.807, 2.05) is 12.1 Å². The summed E-state index contributed by atoms with van der Waals surface area (Å²) in [4.78, 5) is 8.08. The van der Waals surface area contributed by atoms with Crippen LogP contribution < -0.4 is 15.4 Å². The number of halogens is 3. The summed E-state index contributed by atoms with van der Waals surface area (Å²) in [6.07, 6.45) is 6.87. The van der Waals surface area contributed by atoms with Gasteiger partial charge in [0.1, 0.15) is 17.1 Å². The Bertz CT molecular complexity index is 1110. The van der Waals surface area contributed by atoms with Crippen molar-refractivity contribution in [1.82, 2.24) is 9.97 Å². The lowest BCUT2D eigenvalue weighted by Gasteiger charge is -2.22. The van der Waals surface area contributed by atoms with Gasteiger partial charge in [-0.15, -0.1) is 0 Å². The second kappa shape index (κ2) is 12.8. The molecule has 1 aromatic heterocycles. The maximum atomic E-state index is 13.7. The van der Waals surface area contributed by atoms with Crippen molar-refractivity contribution in [2.45, 2.75) is 76.8 Å². The molecule has 198 valence electrons. The first-order chi connectivity index (χ1) is 17.9. The van der Waals surface area contributed by atoms with E-state index in [0.29, 0.717) is 24.0 Å². The fourth-order valence-electron chi connectivity index (χ4n) is 4.64. The smallest absolute Gasteiger partial charge is 0.421 e. The Morgan fingerprint density at radius 1 is 0.865 bits per heavy atom. The molecule has 0 unspecified atom stereocenters. The molecule has 4 rings (SSSR count). The molecule has 8 heteroatoms. The molecule has 5 nitrogen and oxygen atoms in total. The highest BCUT2D eigenvalue weighted by molar-refractivity contribution is 5.63. The Hall–Kier alpha value is -3.29. The standard InChI is InChI=1S/C29H35F3N4O/c1-2-3-4-8-19-37-25-17-15-23(16-18-25)34-27-26(29(30,31)32)20-33-28(36-27)35-24-13-11-22(12-14-24)21-9-6-5-7-10-21/h11-18,20-21H,2-10,19H2,1H3,(H2,33,34,35,36). The molecule has 1 fully saturated rings. The number of nitrogens with zero attached hydrogens (tertiary/aromatic N) is 2. The molecule has 0 amide bonds. The van der Waals surface area contributed by atoms with E-state index in [0.717, 1.165) is 31.1 Å². The molecule has 0 saturated heterocycles. The molecule has 1 aliphatic carbocycles. The molecule has 0 atom stereocenters. The minimum Gasteiger partial charge on any atom is -0.494 e. The van der Waals surface area contributed by atoms with Crippen LogP contribution in [0.25, 0.3) is 0 Å². The first-order valence-corrected chi connectivity index (χ1v) is 13.2. The van der Waals surface area contributed by atoms with Crippen molar-refractivity contribution in [1.29, 1.82) is 0 Å². The van der Waals surface area contributed by atoms with E-state index in [1.54, 1.807) is 24.3 Å². The summed E-state index contributed by atoms with van der Waals surface area (Å²) >= 11 is 0. The van der Waals surface area contributed by atoms with Gasteiger partial charge in [-0.05, 0) is 67.1 Å². The number of nitrogens with one attached hydrogen (secondary N) is 2. The van der Waals surface area contributed by atoms with Gasteiger partial charge in [0.25, 0.3) is 0 Å². The predicted octanol–water partition coefficient (Wildman–Crippen LogP) is 8.99.